The van der Waals surface area contributed by atoms with Gasteiger partial charge in [-0.3, -0.25) is 4.31 Å². The normalized spacial score (nSPS) is 16.0. The van der Waals surface area contributed by atoms with Crippen LogP contribution in [-0.4, -0.2) is 25.7 Å². The van der Waals surface area contributed by atoms with Gasteiger partial charge < -0.3 is 0 Å². The summed E-state index contributed by atoms with van der Waals surface area (Å²) in [6.07, 6.45) is 3.80. The summed E-state index contributed by atoms with van der Waals surface area (Å²) in [7, 11) is -1.78. The van der Waals surface area contributed by atoms with E-state index in [1.165, 1.54) is 17.5 Å². The standard InChI is InChI=1S/C11H13N3O2S/c1-14(17(15,16)10-3-2-4-10)11-6-5-9(7-12)8-13-11/h5-6,8,10H,2-4H2,1H3. The molecular formula is C11H13N3O2S. The minimum absolute atomic E-state index is 0.273. The van der Waals surface area contributed by atoms with Gasteiger partial charge in [-0.2, -0.15) is 5.26 Å². The van der Waals surface area contributed by atoms with E-state index in [-0.39, 0.29) is 5.25 Å². The van der Waals surface area contributed by atoms with Gasteiger partial charge in [-0.05, 0) is 25.0 Å². The lowest BCUT2D eigenvalue weighted by Gasteiger charge is -2.30. The fraction of sp³-hybridized carbons (Fsp3) is 0.455. The Morgan fingerprint density at radius 1 is 1.47 bits per heavy atom. The third-order valence-corrected chi connectivity index (χ3v) is 5.32. The van der Waals surface area contributed by atoms with Gasteiger partial charge in [0.2, 0.25) is 10.0 Å². The Labute approximate surface area is 101 Å². The number of nitrogens with zero attached hydrogens (tertiary/aromatic N) is 3. The Hall–Kier alpha value is -1.61. The van der Waals surface area contributed by atoms with Crippen LogP contribution in [0.2, 0.25) is 0 Å². The van der Waals surface area contributed by atoms with Crippen molar-refractivity contribution in [2.45, 2.75) is 24.5 Å². The van der Waals surface area contributed by atoms with Crippen LogP contribution < -0.4 is 4.31 Å². The van der Waals surface area contributed by atoms with E-state index in [0.29, 0.717) is 11.4 Å². The molecule has 1 aromatic rings. The lowest BCUT2D eigenvalue weighted by molar-refractivity contribution is 0.475. The first-order chi connectivity index (χ1) is 8.05. The van der Waals surface area contributed by atoms with E-state index in [0.717, 1.165) is 19.3 Å². The Bertz CT molecular complexity index is 541. The number of hydrogen-bond acceptors (Lipinski definition) is 4. The Balaban J connectivity index is 2.24. The maximum absolute atomic E-state index is 12.1. The van der Waals surface area contributed by atoms with E-state index in [1.807, 2.05) is 6.07 Å². The van der Waals surface area contributed by atoms with Crippen LogP contribution in [0, 0.1) is 11.3 Å². The number of anilines is 1. The average molecular weight is 251 g/mol. The van der Waals surface area contributed by atoms with Crippen molar-refractivity contribution in [2.24, 2.45) is 0 Å². The van der Waals surface area contributed by atoms with E-state index in [1.54, 1.807) is 12.1 Å². The number of aromatic nitrogens is 1. The summed E-state index contributed by atoms with van der Waals surface area (Å²) >= 11 is 0. The number of nitriles is 1. The predicted molar refractivity (Wildman–Crippen MR) is 63.9 cm³/mol. The molecule has 1 aromatic heterocycles. The van der Waals surface area contributed by atoms with Crippen molar-refractivity contribution in [2.75, 3.05) is 11.4 Å². The highest BCUT2D eigenvalue weighted by Gasteiger charge is 2.35. The second-order valence-electron chi connectivity index (χ2n) is 4.08. The fourth-order valence-corrected chi connectivity index (χ4v) is 3.41. The van der Waals surface area contributed by atoms with E-state index < -0.39 is 10.0 Å². The molecule has 0 saturated heterocycles. The molecule has 1 aliphatic rings. The van der Waals surface area contributed by atoms with E-state index >= 15 is 0 Å². The Morgan fingerprint density at radius 3 is 2.59 bits per heavy atom. The largest absolute Gasteiger partial charge is 0.257 e. The second kappa shape index (κ2) is 4.34. The summed E-state index contributed by atoms with van der Waals surface area (Å²) in [6, 6.07) is 5.06. The molecule has 5 nitrogen and oxygen atoms in total. The van der Waals surface area contributed by atoms with Gasteiger partial charge in [0.25, 0.3) is 0 Å². The molecule has 1 fully saturated rings. The number of rotatable bonds is 3. The van der Waals surface area contributed by atoms with Crippen molar-refractivity contribution >= 4 is 15.8 Å². The highest BCUT2D eigenvalue weighted by molar-refractivity contribution is 7.93. The molecule has 2 rings (SSSR count). The monoisotopic (exact) mass is 251 g/mol. The molecule has 1 heterocycles. The quantitative estimate of drug-likeness (QED) is 0.810. The molecule has 0 radical (unpaired) electrons. The van der Waals surface area contributed by atoms with Gasteiger partial charge in [0.1, 0.15) is 11.9 Å². The SMILES string of the molecule is CN(c1ccc(C#N)cn1)S(=O)(=O)C1CCC1. The minimum atomic E-state index is -3.29. The number of sulfonamides is 1. The van der Waals surface area contributed by atoms with Gasteiger partial charge in [-0.25, -0.2) is 13.4 Å². The Kier molecular flexibility index (Phi) is 3.03. The minimum Gasteiger partial charge on any atom is -0.257 e. The highest BCUT2D eigenvalue weighted by atomic mass is 32.2. The fourth-order valence-electron chi connectivity index (χ4n) is 1.66. The van der Waals surface area contributed by atoms with Crippen LogP contribution in [0.1, 0.15) is 24.8 Å². The van der Waals surface area contributed by atoms with Crippen LogP contribution in [0.15, 0.2) is 18.3 Å². The highest BCUT2D eigenvalue weighted by Crippen LogP contribution is 2.29. The summed E-state index contributed by atoms with van der Waals surface area (Å²) < 4.78 is 25.4. The maximum Gasteiger partial charge on any atom is 0.238 e. The van der Waals surface area contributed by atoms with E-state index in [4.69, 9.17) is 5.26 Å². The van der Waals surface area contributed by atoms with Crippen molar-refractivity contribution in [3.05, 3.63) is 23.9 Å². The summed E-state index contributed by atoms with van der Waals surface area (Å²) in [4.78, 5) is 3.98. The smallest absolute Gasteiger partial charge is 0.238 e. The molecule has 0 amide bonds. The lowest BCUT2D eigenvalue weighted by atomic mass is 10.0. The van der Waals surface area contributed by atoms with Crippen LogP contribution >= 0.6 is 0 Å². The van der Waals surface area contributed by atoms with Crippen molar-refractivity contribution in [1.29, 1.82) is 5.26 Å². The number of hydrogen-bond donors (Lipinski definition) is 0. The van der Waals surface area contributed by atoms with Crippen LogP contribution in [0.4, 0.5) is 5.82 Å². The van der Waals surface area contributed by atoms with Crippen LogP contribution in [0.5, 0.6) is 0 Å². The maximum atomic E-state index is 12.1. The first kappa shape index (κ1) is 11.9. The van der Waals surface area contributed by atoms with Gasteiger partial charge in [0.05, 0.1) is 10.8 Å². The molecule has 0 bridgehead atoms. The molecule has 0 unspecified atom stereocenters. The molecule has 0 spiro atoms. The molecule has 6 heteroatoms. The summed E-state index contributed by atoms with van der Waals surface area (Å²) in [5, 5.41) is 8.37. The van der Waals surface area contributed by atoms with E-state index in [9.17, 15) is 8.42 Å². The summed E-state index contributed by atoms with van der Waals surface area (Å²) in [6.45, 7) is 0. The first-order valence-electron chi connectivity index (χ1n) is 5.39. The zero-order chi connectivity index (χ0) is 12.5. The molecule has 0 aromatic carbocycles. The van der Waals surface area contributed by atoms with Crippen molar-refractivity contribution in [3.8, 4) is 6.07 Å². The molecule has 17 heavy (non-hydrogen) atoms. The zero-order valence-corrected chi connectivity index (χ0v) is 10.3. The van der Waals surface area contributed by atoms with Crippen LogP contribution in [0.3, 0.4) is 0 Å². The lowest BCUT2D eigenvalue weighted by Crippen LogP contribution is -2.40. The third kappa shape index (κ3) is 2.11. The molecule has 0 aliphatic heterocycles. The zero-order valence-electron chi connectivity index (χ0n) is 9.50. The van der Waals surface area contributed by atoms with Crippen LogP contribution in [0.25, 0.3) is 0 Å². The third-order valence-electron chi connectivity index (χ3n) is 3.05. The van der Waals surface area contributed by atoms with Crippen molar-refractivity contribution < 1.29 is 8.42 Å². The van der Waals surface area contributed by atoms with Crippen molar-refractivity contribution in [1.82, 2.24) is 4.98 Å². The molecule has 1 saturated carbocycles. The van der Waals surface area contributed by atoms with Crippen molar-refractivity contribution in [3.63, 3.8) is 0 Å². The van der Waals surface area contributed by atoms with E-state index in [2.05, 4.69) is 4.98 Å². The first-order valence-corrected chi connectivity index (χ1v) is 6.90. The second-order valence-corrected chi connectivity index (χ2v) is 6.33. The predicted octanol–water partition coefficient (Wildman–Crippen LogP) is 1.27. The van der Waals surface area contributed by atoms with Crippen LogP contribution in [-0.2, 0) is 10.0 Å². The van der Waals surface area contributed by atoms with Gasteiger partial charge in [-0.15, -0.1) is 0 Å². The van der Waals surface area contributed by atoms with Gasteiger partial charge in [0.15, 0.2) is 0 Å². The molecule has 1 aliphatic carbocycles. The summed E-state index contributed by atoms with van der Waals surface area (Å²) in [5.41, 5.74) is 0.420. The van der Waals surface area contributed by atoms with Gasteiger partial charge >= 0.3 is 0 Å². The molecule has 90 valence electrons. The number of pyridine rings is 1. The molecule has 0 N–H and O–H groups in total. The molecule has 0 atom stereocenters. The topological polar surface area (TPSA) is 74.1 Å². The molecular weight excluding hydrogens is 238 g/mol. The average Bonchev–Trinajstić information content (AvgIpc) is 2.25. The summed E-state index contributed by atoms with van der Waals surface area (Å²) in [5.74, 6) is 0.357. The Morgan fingerprint density at radius 2 is 2.18 bits per heavy atom. The van der Waals surface area contributed by atoms with Gasteiger partial charge in [0, 0.05) is 13.2 Å². The van der Waals surface area contributed by atoms with Gasteiger partial charge in [-0.1, -0.05) is 6.42 Å².